The zero-order chi connectivity index (χ0) is 15.5. The molecule has 3 N–H and O–H groups in total. The van der Waals surface area contributed by atoms with Crippen molar-refractivity contribution >= 4 is 10.2 Å². The summed E-state index contributed by atoms with van der Waals surface area (Å²) in [5.74, 6) is -0.255. The first kappa shape index (κ1) is 13.9. The van der Waals surface area contributed by atoms with Crippen molar-refractivity contribution in [1.29, 1.82) is 0 Å². The Labute approximate surface area is 128 Å². The van der Waals surface area contributed by atoms with E-state index < -0.39 is 16.3 Å². The van der Waals surface area contributed by atoms with Crippen LogP contribution in [0.2, 0.25) is 0 Å². The lowest BCUT2D eigenvalue weighted by atomic mass is 9.90. The van der Waals surface area contributed by atoms with Crippen LogP contribution in [-0.2, 0) is 10.2 Å². The molecule has 0 amide bonds. The predicted molar refractivity (Wildman–Crippen MR) is 80.0 cm³/mol. The van der Waals surface area contributed by atoms with Gasteiger partial charge in [0.25, 0.3) is 10.2 Å². The van der Waals surface area contributed by atoms with E-state index >= 15 is 0 Å². The van der Waals surface area contributed by atoms with Gasteiger partial charge in [0.15, 0.2) is 0 Å². The average Bonchev–Trinajstić information content (AvgIpc) is 3.12. The van der Waals surface area contributed by atoms with E-state index in [1.807, 2.05) is 28.8 Å². The minimum Gasteiger partial charge on any atom is -0.391 e. The lowest BCUT2D eigenvalue weighted by molar-refractivity contribution is 0.126. The number of fused-ring (bicyclic) bond motifs is 3. The highest BCUT2D eigenvalue weighted by atomic mass is 32.2. The SMILES string of the molecule is NS(=O)(=O)N1C[C@@H]([C@H]2c3ccccc3-c3cncn32)[C@H](O)C1. The maximum atomic E-state index is 11.6. The normalized spacial score (nSPS) is 27.8. The molecule has 7 nitrogen and oxygen atoms in total. The summed E-state index contributed by atoms with van der Waals surface area (Å²) in [4.78, 5) is 4.18. The molecule has 8 heteroatoms. The number of nitrogens with zero attached hydrogens (tertiary/aromatic N) is 3. The summed E-state index contributed by atoms with van der Waals surface area (Å²) in [5, 5.41) is 15.6. The van der Waals surface area contributed by atoms with Crippen LogP contribution in [-0.4, -0.2) is 46.6 Å². The van der Waals surface area contributed by atoms with Crippen LogP contribution in [0.15, 0.2) is 36.8 Å². The van der Waals surface area contributed by atoms with E-state index in [1.165, 1.54) is 0 Å². The Morgan fingerprint density at radius 1 is 1.27 bits per heavy atom. The Morgan fingerprint density at radius 3 is 2.77 bits per heavy atom. The van der Waals surface area contributed by atoms with E-state index in [1.54, 1.807) is 12.5 Å². The number of hydrogen-bond acceptors (Lipinski definition) is 4. The summed E-state index contributed by atoms with van der Waals surface area (Å²) >= 11 is 0. The fourth-order valence-corrected chi connectivity index (χ4v) is 4.34. The molecule has 4 rings (SSSR count). The molecule has 116 valence electrons. The first-order chi connectivity index (χ1) is 10.5. The third-order valence-electron chi connectivity index (χ3n) is 4.59. The van der Waals surface area contributed by atoms with Crippen LogP contribution in [0.5, 0.6) is 0 Å². The minimum atomic E-state index is -3.79. The zero-order valence-corrected chi connectivity index (χ0v) is 12.5. The summed E-state index contributed by atoms with van der Waals surface area (Å²) in [5.41, 5.74) is 3.15. The Kier molecular flexibility index (Phi) is 2.92. The Morgan fingerprint density at radius 2 is 2.05 bits per heavy atom. The largest absolute Gasteiger partial charge is 0.391 e. The number of benzene rings is 1. The van der Waals surface area contributed by atoms with E-state index in [4.69, 9.17) is 5.14 Å². The van der Waals surface area contributed by atoms with Crippen LogP contribution >= 0.6 is 0 Å². The molecule has 2 aliphatic heterocycles. The molecule has 3 atom stereocenters. The van der Waals surface area contributed by atoms with Crippen molar-refractivity contribution in [1.82, 2.24) is 13.9 Å². The molecule has 0 saturated carbocycles. The van der Waals surface area contributed by atoms with E-state index in [9.17, 15) is 13.5 Å². The molecule has 1 saturated heterocycles. The molecule has 1 aromatic carbocycles. The van der Waals surface area contributed by atoms with Crippen LogP contribution in [0.1, 0.15) is 11.6 Å². The van der Waals surface area contributed by atoms with Crippen molar-refractivity contribution in [3.63, 3.8) is 0 Å². The number of aliphatic hydroxyl groups is 1. The van der Waals surface area contributed by atoms with Gasteiger partial charge in [-0.05, 0) is 5.56 Å². The molecule has 3 heterocycles. The number of aromatic nitrogens is 2. The van der Waals surface area contributed by atoms with Gasteiger partial charge < -0.3 is 9.67 Å². The highest BCUT2D eigenvalue weighted by Crippen LogP contribution is 2.45. The number of hydrogen-bond donors (Lipinski definition) is 2. The summed E-state index contributed by atoms with van der Waals surface area (Å²) in [6.45, 7) is 0.239. The fraction of sp³-hybridized carbons (Fsp3) is 0.357. The van der Waals surface area contributed by atoms with Crippen molar-refractivity contribution < 1.29 is 13.5 Å². The van der Waals surface area contributed by atoms with Crippen LogP contribution in [0.25, 0.3) is 11.3 Å². The molecule has 1 fully saturated rings. The Balaban J connectivity index is 1.78. The number of aliphatic hydroxyl groups excluding tert-OH is 1. The van der Waals surface area contributed by atoms with Crippen LogP contribution in [0.3, 0.4) is 0 Å². The quantitative estimate of drug-likeness (QED) is 0.810. The molecule has 0 spiro atoms. The van der Waals surface area contributed by atoms with Gasteiger partial charge >= 0.3 is 0 Å². The van der Waals surface area contributed by atoms with Gasteiger partial charge in [-0.25, -0.2) is 10.1 Å². The second kappa shape index (κ2) is 4.63. The standard InChI is InChI=1S/C14H16N4O3S/c15-22(20,21)17-6-11(13(19)7-17)14-10-4-2-1-3-9(10)12-5-16-8-18(12)14/h1-5,8,11,13-14,19H,6-7H2,(H2,15,20,21)/t11-,13-,14-/m1/s1. The Bertz CT molecular complexity index is 832. The molecule has 2 aliphatic rings. The van der Waals surface area contributed by atoms with E-state index in [0.29, 0.717) is 0 Å². The first-order valence-electron chi connectivity index (χ1n) is 7.04. The topological polar surface area (TPSA) is 101 Å². The van der Waals surface area contributed by atoms with Gasteiger partial charge in [-0.3, -0.25) is 0 Å². The van der Waals surface area contributed by atoms with Gasteiger partial charge in [-0.15, -0.1) is 0 Å². The maximum absolute atomic E-state index is 11.6. The van der Waals surface area contributed by atoms with Crippen molar-refractivity contribution in [2.24, 2.45) is 11.1 Å². The lowest BCUT2D eigenvalue weighted by Gasteiger charge is -2.24. The van der Waals surface area contributed by atoms with E-state index in [2.05, 4.69) is 4.98 Å². The summed E-state index contributed by atoms with van der Waals surface area (Å²) in [7, 11) is -3.79. The Hall–Kier alpha value is -1.74. The molecule has 1 aromatic heterocycles. The summed E-state index contributed by atoms with van der Waals surface area (Å²) < 4.78 is 26.3. The molecular formula is C14H16N4O3S. The average molecular weight is 320 g/mol. The minimum absolute atomic E-state index is 0.0339. The van der Waals surface area contributed by atoms with Crippen LogP contribution in [0, 0.1) is 5.92 Å². The second-order valence-corrected chi connectivity index (χ2v) is 7.36. The zero-order valence-electron chi connectivity index (χ0n) is 11.7. The van der Waals surface area contributed by atoms with Gasteiger partial charge in [-0.2, -0.15) is 12.7 Å². The fourth-order valence-electron chi connectivity index (χ4n) is 3.60. The molecule has 2 aromatic rings. The van der Waals surface area contributed by atoms with Crippen LogP contribution < -0.4 is 5.14 Å². The van der Waals surface area contributed by atoms with Gasteiger partial charge in [-0.1, -0.05) is 24.3 Å². The van der Waals surface area contributed by atoms with Gasteiger partial charge in [0.1, 0.15) is 0 Å². The van der Waals surface area contributed by atoms with Gasteiger partial charge in [0.2, 0.25) is 0 Å². The highest BCUT2D eigenvalue weighted by molar-refractivity contribution is 7.86. The van der Waals surface area contributed by atoms with Gasteiger partial charge in [0.05, 0.1) is 30.4 Å². The molecule has 0 aliphatic carbocycles. The molecule has 0 radical (unpaired) electrons. The van der Waals surface area contributed by atoms with Crippen molar-refractivity contribution in [2.45, 2.75) is 12.1 Å². The third kappa shape index (κ3) is 1.92. The number of imidazole rings is 1. The van der Waals surface area contributed by atoms with E-state index in [0.717, 1.165) is 21.1 Å². The lowest BCUT2D eigenvalue weighted by Crippen LogP contribution is -2.35. The summed E-state index contributed by atoms with van der Waals surface area (Å²) in [6, 6.07) is 7.81. The van der Waals surface area contributed by atoms with Crippen LogP contribution in [0.4, 0.5) is 0 Å². The monoisotopic (exact) mass is 320 g/mol. The summed E-state index contributed by atoms with van der Waals surface area (Å²) in [6.07, 6.45) is 2.76. The predicted octanol–water partition coefficient (Wildman–Crippen LogP) is -0.0509. The van der Waals surface area contributed by atoms with Crippen molar-refractivity contribution in [3.05, 3.63) is 42.4 Å². The molecular weight excluding hydrogens is 304 g/mol. The number of nitrogens with two attached hydrogens (primary N) is 1. The van der Waals surface area contributed by atoms with Gasteiger partial charge in [0, 0.05) is 24.6 Å². The van der Waals surface area contributed by atoms with E-state index in [-0.39, 0.29) is 25.0 Å². The third-order valence-corrected chi connectivity index (χ3v) is 5.60. The first-order valence-corrected chi connectivity index (χ1v) is 8.54. The second-order valence-electron chi connectivity index (χ2n) is 5.81. The highest BCUT2D eigenvalue weighted by Gasteiger charge is 2.44. The molecule has 0 unspecified atom stereocenters. The smallest absolute Gasteiger partial charge is 0.277 e. The molecule has 22 heavy (non-hydrogen) atoms. The number of β-amino-alcohol motifs (C(OH)–C–C–N with tert-alkyl or cyclic N) is 1. The van der Waals surface area contributed by atoms with Crippen molar-refractivity contribution in [3.8, 4) is 11.3 Å². The van der Waals surface area contributed by atoms with Crippen molar-refractivity contribution in [2.75, 3.05) is 13.1 Å². The molecule has 0 bridgehead atoms. The number of rotatable bonds is 2. The maximum Gasteiger partial charge on any atom is 0.277 e.